The molecule has 2 saturated carbocycles. The average molecular weight is 398 g/mol. The van der Waals surface area contributed by atoms with Gasteiger partial charge in [0, 0.05) is 18.5 Å². The van der Waals surface area contributed by atoms with E-state index in [2.05, 4.69) is 17.2 Å². The van der Waals surface area contributed by atoms with Crippen LogP contribution in [0.5, 0.6) is 0 Å². The molecule has 1 amide bonds. The van der Waals surface area contributed by atoms with E-state index in [0.717, 1.165) is 32.1 Å². The first-order valence-corrected chi connectivity index (χ1v) is 11.0. The first kappa shape index (κ1) is 19.9. The van der Waals surface area contributed by atoms with Crippen LogP contribution in [-0.2, 0) is 11.3 Å². The van der Waals surface area contributed by atoms with Gasteiger partial charge in [0.1, 0.15) is 0 Å². The second-order valence-corrected chi connectivity index (χ2v) is 8.99. The van der Waals surface area contributed by atoms with Crippen LogP contribution in [0.1, 0.15) is 58.3 Å². The topological polar surface area (TPSA) is 84.0 Å². The molecule has 2 N–H and O–H groups in total. The van der Waals surface area contributed by atoms with Crippen LogP contribution in [0.2, 0.25) is 0 Å². The summed E-state index contributed by atoms with van der Waals surface area (Å²) in [7, 11) is 0. The van der Waals surface area contributed by atoms with Gasteiger partial charge in [-0.25, -0.2) is 4.79 Å². The minimum absolute atomic E-state index is 0.0620. The van der Waals surface area contributed by atoms with Gasteiger partial charge in [0.2, 0.25) is 5.91 Å². The summed E-state index contributed by atoms with van der Waals surface area (Å²) >= 11 is 0. The van der Waals surface area contributed by atoms with Gasteiger partial charge in [-0.2, -0.15) is 0 Å². The Morgan fingerprint density at radius 2 is 1.79 bits per heavy atom. The molecule has 0 radical (unpaired) electrons. The Balaban J connectivity index is 1.37. The number of aromatic amines is 1. The highest BCUT2D eigenvalue weighted by Gasteiger charge is 2.30. The van der Waals surface area contributed by atoms with Crippen molar-refractivity contribution in [3.05, 3.63) is 45.1 Å². The van der Waals surface area contributed by atoms with Crippen LogP contribution in [0.3, 0.4) is 0 Å². The zero-order valence-electron chi connectivity index (χ0n) is 17.2. The van der Waals surface area contributed by atoms with Crippen molar-refractivity contribution in [2.75, 3.05) is 0 Å². The first-order valence-electron chi connectivity index (χ1n) is 11.0. The fraction of sp³-hybridized carbons (Fsp3) is 0.609. The van der Waals surface area contributed by atoms with E-state index in [9.17, 15) is 14.4 Å². The smallest absolute Gasteiger partial charge is 0.328 e. The Bertz CT molecular complexity index is 985. The van der Waals surface area contributed by atoms with E-state index >= 15 is 0 Å². The number of H-pyrrole nitrogens is 1. The lowest BCUT2D eigenvalue weighted by Crippen LogP contribution is -2.44. The number of rotatable bonds is 4. The molecule has 2 aliphatic rings. The van der Waals surface area contributed by atoms with E-state index in [4.69, 9.17) is 0 Å². The zero-order valence-corrected chi connectivity index (χ0v) is 17.2. The molecular formula is C23H31N3O3. The number of carbonyl (C=O) groups is 1. The number of fused-ring (bicyclic) bond motifs is 1. The minimum Gasteiger partial charge on any atom is -0.353 e. The summed E-state index contributed by atoms with van der Waals surface area (Å²) in [5.74, 6) is 1.08. The summed E-state index contributed by atoms with van der Waals surface area (Å²) in [5, 5.41) is 3.84. The molecule has 156 valence electrons. The fourth-order valence-electron chi connectivity index (χ4n) is 5.06. The number of hydrogen-bond donors (Lipinski definition) is 2. The van der Waals surface area contributed by atoms with Crippen molar-refractivity contribution in [3.8, 4) is 0 Å². The number of hydrogen-bond acceptors (Lipinski definition) is 3. The van der Waals surface area contributed by atoms with E-state index in [1.54, 1.807) is 12.1 Å². The molecule has 29 heavy (non-hydrogen) atoms. The van der Waals surface area contributed by atoms with Crippen molar-refractivity contribution in [2.45, 2.75) is 70.9 Å². The lowest BCUT2D eigenvalue weighted by molar-refractivity contribution is -0.127. The standard InChI is InChI=1S/C23H31N3O3/c1-15-6-2-4-8-19(15)24-21(27)17-12-10-16(11-13-17)14-26-22(28)18-7-3-5-9-20(18)25-23(26)29/h3,5,7,9,15-17,19H,2,4,6,8,10-14H2,1H3,(H,24,27)(H,25,29)/t15-,16?,17?,19+/m1/s1. The van der Waals surface area contributed by atoms with Gasteiger partial charge in [0.25, 0.3) is 5.56 Å². The SMILES string of the molecule is C[C@@H]1CCCC[C@@H]1NC(=O)C1CCC(Cn2c(=O)[nH]c3ccccc3c2=O)CC1. The molecule has 2 atom stereocenters. The van der Waals surface area contributed by atoms with Crippen LogP contribution in [0.15, 0.2) is 33.9 Å². The number of benzene rings is 1. The van der Waals surface area contributed by atoms with E-state index in [1.165, 1.54) is 23.8 Å². The summed E-state index contributed by atoms with van der Waals surface area (Å²) in [4.78, 5) is 40.6. The average Bonchev–Trinajstić information content (AvgIpc) is 2.73. The monoisotopic (exact) mass is 397 g/mol. The maximum absolute atomic E-state index is 12.7. The molecule has 6 heteroatoms. The van der Waals surface area contributed by atoms with Crippen molar-refractivity contribution in [1.82, 2.24) is 14.9 Å². The minimum atomic E-state index is -0.347. The van der Waals surface area contributed by atoms with Gasteiger partial charge >= 0.3 is 5.69 Å². The lowest BCUT2D eigenvalue weighted by atomic mass is 9.80. The Hall–Kier alpha value is -2.37. The van der Waals surface area contributed by atoms with Crippen molar-refractivity contribution in [3.63, 3.8) is 0 Å². The van der Waals surface area contributed by atoms with Crippen molar-refractivity contribution in [1.29, 1.82) is 0 Å². The number of amides is 1. The Morgan fingerprint density at radius 1 is 1.07 bits per heavy atom. The number of nitrogens with one attached hydrogen (secondary N) is 2. The molecule has 0 unspecified atom stereocenters. The van der Waals surface area contributed by atoms with Crippen molar-refractivity contribution >= 4 is 16.8 Å². The van der Waals surface area contributed by atoms with Crippen LogP contribution in [0.4, 0.5) is 0 Å². The normalized spacial score (nSPS) is 27.6. The number of nitrogens with zero attached hydrogens (tertiary/aromatic N) is 1. The molecule has 2 aliphatic carbocycles. The molecule has 0 bridgehead atoms. The van der Waals surface area contributed by atoms with E-state index < -0.39 is 0 Å². The van der Waals surface area contributed by atoms with Gasteiger partial charge in [0.15, 0.2) is 0 Å². The van der Waals surface area contributed by atoms with E-state index in [-0.39, 0.29) is 29.0 Å². The summed E-state index contributed by atoms with van der Waals surface area (Å²) in [5.41, 5.74) is 0.00595. The van der Waals surface area contributed by atoms with Crippen LogP contribution in [0.25, 0.3) is 10.9 Å². The predicted molar refractivity (Wildman–Crippen MR) is 114 cm³/mol. The molecule has 1 aromatic heterocycles. The highest BCUT2D eigenvalue weighted by molar-refractivity contribution is 5.79. The molecule has 2 aromatic rings. The Kier molecular flexibility index (Phi) is 5.88. The van der Waals surface area contributed by atoms with Crippen LogP contribution >= 0.6 is 0 Å². The predicted octanol–water partition coefficient (Wildman–Crippen LogP) is 3.19. The van der Waals surface area contributed by atoms with Crippen LogP contribution in [0, 0.1) is 17.8 Å². The molecule has 2 fully saturated rings. The third-order valence-corrected chi connectivity index (χ3v) is 6.99. The zero-order chi connectivity index (χ0) is 20.4. The van der Waals surface area contributed by atoms with Crippen LogP contribution in [-0.4, -0.2) is 21.5 Å². The number of carbonyl (C=O) groups excluding carboxylic acids is 1. The third kappa shape index (κ3) is 4.31. The van der Waals surface area contributed by atoms with Crippen LogP contribution < -0.4 is 16.6 Å². The van der Waals surface area contributed by atoms with Gasteiger partial charge in [-0.3, -0.25) is 14.2 Å². The third-order valence-electron chi connectivity index (χ3n) is 6.99. The molecule has 0 spiro atoms. The van der Waals surface area contributed by atoms with Crippen molar-refractivity contribution in [2.24, 2.45) is 17.8 Å². The quantitative estimate of drug-likeness (QED) is 0.831. The summed E-state index contributed by atoms with van der Waals surface area (Å²) < 4.78 is 1.33. The fourth-order valence-corrected chi connectivity index (χ4v) is 5.06. The van der Waals surface area contributed by atoms with Gasteiger partial charge in [-0.1, -0.05) is 31.9 Å². The Labute approximate surface area is 170 Å². The van der Waals surface area contributed by atoms with Crippen molar-refractivity contribution < 1.29 is 4.79 Å². The van der Waals surface area contributed by atoms with Gasteiger partial charge in [-0.15, -0.1) is 0 Å². The maximum Gasteiger partial charge on any atom is 0.328 e. The van der Waals surface area contributed by atoms with Gasteiger partial charge in [-0.05, 0) is 62.5 Å². The molecule has 1 heterocycles. The maximum atomic E-state index is 12.7. The molecular weight excluding hydrogens is 366 g/mol. The second-order valence-electron chi connectivity index (χ2n) is 8.99. The van der Waals surface area contributed by atoms with Gasteiger partial charge in [0.05, 0.1) is 10.9 Å². The second kappa shape index (κ2) is 8.56. The molecule has 0 aliphatic heterocycles. The first-order chi connectivity index (χ1) is 14.0. The number of para-hydroxylation sites is 1. The van der Waals surface area contributed by atoms with E-state index in [0.29, 0.717) is 29.4 Å². The lowest BCUT2D eigenvalue weighted by Gasteiger charge is -2.33. The molecule has 1 aromatic carbocycles. The largest absolute Gasteiger partial charge is 0.353 e. The molecule has 4 rings (SSSR count). The summed E-state index contributed by atoms with van der Waals surface area (Å²) in [6.45, 7) is 2.66. The van der Waals surface area contributed by atoms with Gasteiger partial charge < -0.3 is 10.3 Å². The highest BCUT2D eigenvalue weighted by atomic mass is 16.2. The number of aromatic nitrogens is 2. The summed E-state index contributed by atoms with van der Waals surface area (Å²) in [6.07, 6.45) is 8.18. The highest BCUT2D eigenvalue weighted by Crippen LogP contribution is 2.31. The molecule has 0 saturated heterocycles. The Morgan fingerprint density at radius 3 is 2.55 bits per heavy atom. The summed E-state index contributed by atoms with van der Waals surface area (Å²) in [6, 6.07) is 7.44. The van der Waals surface area contributed by atoms with E-state index in [1.807, 2.05) is 12.1 Å². The molecule has 6 nitrogen and oxygen atoms in total.